The molecule has 0 unspecified atom stereocenters. The van der Waals surface area contributed by atoms with Gasteiger partial charge in [-0.25, -0.2) is 0 Å². The molecule has 2 saturated carbocycles. The first-order chi connectivity index (χ1) is 22.3. The molecule has 4 saturated heterocycles. The molecule has 10 heteroatoms. The average molecular weight is 621 g/mol. The minimum Gasteiger partial charge on any atom is -0.338 e. The molecule has 0 spiro atoms. The van der Waals surface area contributed by atoms with E-state index in [1.807, 2.05) is 34.1 Å². The lowest BCUT2D eigenvalue weighted by molar-refractivity contribution is -0.142. The standard InChI is InChI=1S/C36H36N4O6/c41-31-21-5-7-22(8-6-21)32(42)38-16-24-10-12-26-30(28(24)18-38)36(46)40(34(26)44)14-20-2-1-19(3-4-20)13-39-33(43)25-11-9-23-15-37(31)17-27(23)29(25)35(39)45/h1-8,23-30H,9-18H2/t23-,24-,25-,26-,27+,28+,29-,30-/m1/s1. The van der Waals surface area contributed by atoms with Crippen LogP contribution in [-0.4, -0.2) is 81.2 Å². The van der Waals surface area contributed by atoms with E-state index in [0.29, 0.717) is 50.1 Å². The normalized spacial score (nSPS) is 35.0. The van der Waals surface area contributed by atoms with Crippen molar-refractivity contribution in [2.24, 2.45) is 47.3 Å². The molecule has 12 rings (SSSR count). The summed E-state index contributed by atoms with van der Waals surface area (Å²) >= 11 is 0. The maximum atomic E-state index is 13.8. The minimum absolute atomic E-state index is 0.0595. The highest BCUT2D eigenvalue weighted by Gasteiger charge is 2.58. The number of benzene rings is 2. The Morgan fingerprint density at radius 2 is 0.848 bits per heavy atom. The smallest absolute Gasteiger partial charge is 0.253 e. The summed E-state index contributed by atoms with van der Waals surface area (Å²) in [7, 11) is 0. The van der Waals surface area contributed by atoms with E-state index in [2.05, 4.69) is 0 Å². The Kier molecular flexibility index (Phi) is 6.12. The van der Waals surface area contributed by atoms with Gasteiger partial charge in [-0.1, -0.05) is 24.3 Å². The van der Waals surface area contributed by atoms with Crippen LogP contribution in [0.4, 0.5) is 0 Å². The van der Waals surface area contributed by atoms with Gasteiger partial charge in [0.25, 0.3) is 11.8 Å². The first kappa shape index (κ1) is 27.9. The molecule has 2 aromatic rings. The van der Waals surface area contributed by atoms with Gasteiger partial charge in [-0.05, 0) is 84.7 Å². The summed E-state index contributed by atoms with van der Waals surface area (Å²) < 4.78 is 0. The molecule has 2 aromatic carbocycles. The van der Waals surface area contributed by atoms with Gasteiger partial charge in [0.15, 0.2) is 0 Å². The largest absolute Gasteiger partial charge is 0.338 e. The third-order valence-corrected chi connectivity index (χ3v) is 12.4. The zero-order valence-corrected chi connectivity index (χ0v) is 25.5. The topological polar surface area (TPSA) is 115 Å². The van der Waals surface area contributed by atoms with Gasteiger partial charge in [-0.2, -0.15) is 0 Å². The summed E-state index contributed by atoms with van der Waals surface area (Å²) in [4.78, 5) is 88.3. The van der Waals surface area contributed by atoms with Crippen LogP contribution in [0.5, 0.6) is 0 Å². The second-order valence-corrected chi connectivity index (χ2v) is 14.6. The Bertz CT molecular complexity index is 1580. The average Bonchev–Trinajstić information content (AvgIpc) is 3.81. The molecule has 8 aliphatic heterocycles. The van der Waals surface area contributed by atoms with Crippen molar-refractivity contribution >= 4 is 35.4 Å². The first-order valence-corrected chi connectivity index (χ1v) is 16.7. The van der Waals surface area contributed by atoms with Crippen LogP contribution in [0.15, 0.2) is 48.5 Å². The zero-order valence-electron chi connectivity index (χ0n) is 25.5. The summed E-state index contributed by atoms with van der Waals surface area (Å²) in [5.74, 6) is -2.16. The molecule has 12 bridgehead atoms. The zero-order chi connectivity index (χ0) is 31.4. The van der Waals surface area contributed by atoms with E-state index in [1.54, 1.807) is 24.3 Å². The summed E-state index contributed by atoms with van der Waals surface area (Å²) in [6.45, 7) is 2.38. The van der Waals surface area contributed by atoms with E-state index in [4.69, 9.17) is 0 Å². The number of nitrogens with zero attached hydrogens (tertiary/aromatic N) is 4. The van der Waals surface area contributed by atoms with Crippen LogP contribution in [-0.2, 0) is 32.3 Å². The Morgan fingerprint density at radius 3 is 1.24 bits per heavy atom. The van der Waals surface area contributed by atoms with Crippen molar-refractivity contribution in [2.45, 2.75) is 38.8 Å². The second-order valence-electron chi connectivity index (χ2n) is 14.6. The lowest BCUT2D eigenvalue weighted by atomic mass is 9.69. The van der Waals surface area contributed by atoms with Crippen LogP contribution in [0.3, 0.4) is 0 Å². The van der Waals surface area contributed by atoms with Crippen LogP contribution in [0, 0.1) is 47.3 Å². The van der Waals surface area contributed by atoms with Crippen molar-refractivity contribution in [2.75, 3.05) is 26.2 Å². The van der Waals surface area contributed by atoms with Crippen molar-refractivity contribution in [3.05, 3.63) is 70.8 Å². The fourth-order valence-electron chi connectivity index (χ4n) is 10.1. The number of carbonyl (C=O) groups excluding carboxylic acids is 6. The van der Waals surface area contributed by atoms with Gasteiger partial charge in [-0.3, -0.25) is 38.6 Å². The van der Waals surface area contributed by atoms with Gasteiger partial charge < -0.3 is 9.80 Å². The van der Waals surface area contributed by atoms with Gasteiger partial charge in [0, 0.05) is 37.3 Å². The molecule has 236 valence electrons. The Hall–Kier alpha value is -4.34. The number of amides is 6. The molecule has 6 amide bonds. The van der Waals surface area contributed by atoms with Crippen molar-refractivity contribution in [1.29, 1.82) is 0 Å². The highest BCUT2D eigenvalue weighted by molar-refractivity contribution is 6.06. The predicted octanol–water partition coefficient (Wildman–Crippen LogP) is 2.57. The molecular weight excluding hydrogens is 584 g/mol. The molecular formula is C36H36N4O6. The molecule has 10 nitrogen and oxygen atoms in total. The molecule has 10 aliphatic rings. The van der Waals surface area contributed by atoms with Crippen molar-refractivity contribution in [3.63, 3.8) is 0 Å². The molecule has 2 aliphatic carbocycles. The van der Waals surface area contributed by atoms with Crippen molar-refractivity contribution < 1.29 is 28.8 Å². The fraction of sp³-hybridized carbons (Fsp3) is 0.500. The van der Waals surface area contributed by atoms with Crippen molar-refractivity contribution in [1.82, 2.24) is 19.6 Å². The first-order valence-electron chi connectivity index (χ1n) is 16.7. The van der Waals surface area contributed by atoms with Gasteiger partial charge in [-0.15, -0.1) is 0 Å². The van der Waals surface area contributed by atoms with Crippen LogP contribution in [0.2, 0.25) is 0 Å². The Morgan fingerprint density at radius 1 is 0.457 bits per heavy atom. The van der Waals surface area contributed by atoms with Gasteiger partial charge in [0.2, 0.25) is 23.6 Å². The Labute approximate surface area is 266 Å². The maximum Gasteiger partial charge on any atom is 0.253 e. The molecule has 6 fully saturated rings. The van der Waals surface area contributed by atoms with E-state index >= 15 is 0 Å². The van der Waals surface area contributed by atoms with Gasteiger partial charge in [0.05, 0.1) is 36.8 Å². The molecule has 0 aromatic heterocycles. The summed E-state index contributed by atoms with van der Waals surface area (Å²) in [5, 5.41) is 0. The molecule has 8 atom stereocenters. The number of carbonyl (C=O) groups is 6. The van der Waals surface area contributed by atoms with Crippen LogP contribution < -0.4 is 0 Å². The van der Waals surface area contributed by atoms with Crippen LogP contribution in [0.1, 0.15) is 57.5 Å². The van der Waals surface area contributed by atoms with Gasteiger partial charge in [0.1, 0.15) is 0 Å². The second kappa shape index (κ2) is 10.1. The lowest BCUT2D eigenvalue weighted by Gasteiger charge is -2.31. The van der Waals surface area contributed by atoms with E-state index in [1.165, 1.54) is 9.80 Å². The predicted molar refractivity (Wildman–Crippen MR) is 162 cm³/mol. The number of imide groups is 2. The Balaban J connectivity index is 1.06. The molecule has 8 heterocycles. The summed E-state index contributed by atoms with van der Waals surface area (Å²) in [6, 6.07) is 14.3. The number of hydrogen-bond acceptors (Lipinski definition) is 6. The lowest BCUT2D eigenvalue weighted by Crippen LogP contribution is -2.37. The minimum atomic E-state index is -0.423. The van der Waals surface area contributed by atoms with Crippen LogP contribution >= 0.6 is 0 Å². The quantitative estimate of drug-likeness (QED) is 0.419. The van der Waals surface area contributed by atoms with E-state index in [9.17, 15) is 28.8 Å². The summed E-state index contributed by atoms with van der Waals surface area (Å²) in [5.41, 5.74) is 2.61. The van der Waals surface area contributed by atoms with E-state index in [-0.39, 0.29) is 84.0 Å². The summed E-state index contributed by atoms with van der Waals surface area (Å²) in [6.07, 6.45) is 2.89. The fourth-order valence-corrected chi connectivity index (χ4v) is 10.1. The molecule has 0 N–H and O–H groups in total. The monoisotopic (exact) mass is 620 g/mol. The number of rotatable bonds is 0. The number of hydrogen-bond donors (Lipinski definition) is 0. The van der Waals surface area contributed by atoms with E-state index < -0.39 is 11.8 Å². The third kappa shape index (κ3) is 4.00. The highest BCUT2D eigenvalue weighted by Crippen LogP contribution is 2.50. The van der Waals surface area contributed by atoms with Crippen LogP contribution in [0.25, 0.3) is 0 Å². The van der Waals surface area contributed by atoms with E-state index in [0.717, 1.165) is 24.0 Å². The molecule has 0 radical (unpaired) electrons. The van der Waals surface area contributed by atoms with Crippen molar-refractivity contribution in [3.8, 4) is 0 Å². The molecule has 46 heavy (non-hydrogen) atoms. The van der Waals surface area contributed by atoms with Gasteiger partial charge >= 0.3 is 0 Å². The maximum absolute atomic E-state index is 13.8. The highest BCUT2D eigenvalue weighted by atomic mass is 16.2. The third-order valence-electron chi connectivity index (χ3n) is 12.4. The SMILES string of the molecule is O=C1c2ccc(cc2)C(=O)N2C[C@H]3CC[C@H]4C(=O)N(Cc5ccc(cc5)CN5C(=O)[C@H]6[C@H]7CN1C[C@H]7CC[C@H]6C5=O)C(=O)[C@H]4[C@H]3C2.